The number of likely N-dealkylation sites (tertiary alicyclic amines) is 1. The molecule has 3 amide bonds. The van der Waals surface area contributed by atoms with E-state index in [1.165, 1.54) is 11.8 Å². The molecular formula is C18H17ClN2O4. The SMILES string of the molecule is CC(=O)NC[C@@]12C=C[C@@H](O1)[C@H]1C(=O)N(Cc3ccc(Cl)cc3)C(=O)[C@H]12. The van der Waals surface area contributed by atoms with Crippen molar-refractivity contribution >= 4 is 29.3 Å². The fraction of sp³-hybridized carbons (Fsp3) is 0.389. The summed E-state index contributed by atoms with van der Waals surface area (Å²) in [7, 11) is 0. The Labute approximate surface area is 149 Å². The number of nitrogens with one attached hydrogen (secondary N) is 1. The van der Waals surface area contributed by atoms with E-state index in [1.807, 2.05) is 12.2 Å². The number of nitrogens with zero attached hydrogens (tertiary/aromatic N) is 1. The van der Waals surface area contributed by atoms with E-state index in [0.29, 0.717) is 5.02 Å². The number of imide groups is 1. The maximum atomic E-state index is 13.0. The number of carbonyl (C=O) groups excluding carboxylic acids is 3. The molecule has 1 aromatic carbocycles. The van der Waals surface area contributed by atoms with Crippen molar-refractivity contribution in [2.45, 2.75) is 25.2 Å². The van der Waals surface area contributed by atoms with Crippen molar-refractivity contribution in [3.05, 3.63) is 47.0 Å². The number of amides is 3. The summed E-state index contributed by atoms with van der Waals surface area (Å²) in [5, 5.41) is 3.31. The lowest BCUT2D eigenvalue weighted by molar-refractivity contribution is -0.145. The quantitative estimate of drug-likeness (QED) is 0.648. The Bertz CT molecular complexity index is 791. The summed E-state index contributed by atoms with van der Waals surface area (Å²) in [6, 6.07) is 7.06. The Morgan fingerprint density at radius 3 is 2.68 bits per heavy atom. The molecule has 6 nitrogen and oxygen atoms in total. The van der Waals surface area contributed by atoms with Gasteiger partial charge >= 0.3 is 0 Å². The molecule has 1 N–H and O–H groups in total. The molecule has 3 aliphatic heterocycles. The minimum atomic E-state index is -0.928. The molecule has 3 aliphatic rings. The summed E-state index contributed by atoms with van der Waals surface area (Å²) in [5.74, 6) is -1.77. The van der Waals surface area contributed by atoms with Crippen molar-refractivity contribution in [2.75, 3.05) is 6.54 Å². The predicted octanol–water partition coefficient (Wildman–Crippen LogP) is 1.28. The van der Waals surface area contributed by atoms with E-state index in [1.54, 1.807) is 24.3 Å². The van der Waals surface area contributed by atoms with Crippen molar-refractivity contribution in [1.29, 1.82) is 0 Å². The van der Waals surface area contributed by atoms with Crippen LogP contribution in [-0.2, 0) is 25.7 Å². The van der Waals surface area contributed by atoms with Crippen molar-refractivity contribution in [3.8, 4) is 0 Å². The van der Waals surface area contributed by atoms with Gasteiger partial charge in [-0.2, -0.15) is 0 Å². The number of fused-ring (bicyclic) bond motifs is 5. The minimum Gasteiger partial charge on any atom is -0.360 e. The van der Waals surface area contributed by atoms with E-state index in [0.717, 1.165) is 5.56 Å². The van der Waals surface area contributed by atoms with Crippen molar-refractivity contribution in [3.63, 3.8) is 0 Å². The summed E-state index contributed by atoms with van der Waals surface area (Å²) in [6.07, 6.45) is 3.22. The number of rotatable bonds is 4. The third kappa shape index (κ3) is 2.48. The van der Waals surface area contributed by atoms with E-state index in [4.69, 9.17) is 16.3 Å². The first-order valence-corrected chi connectivity index (χ1v) is 8.50. The van der Waals surface area contributed by atoms with Crippen molar-refractivity contribution < 1.29 is 19.1 Å². The maximum absolute atomic E-state index is 13.0. The molecule has 2 saturated heterocycles. The van der Waals surface area contributed by atoms with Crippen molar-refractivity contribution in [2.24, 2.45) is 11.8 Å². The van der Waals surface area contributed by atoms with Crippen LogP contribution in [0.2, 0.25) is 5.02 Å². The zero-order valence-electron chi connectivity index (χ0n) is 13.6. The Morgan fingerprint density at radius 2 is 2.00 bits per heavy atom. The lowest BCUT2D eigenvalue weighted by Crippen LogP contribution is -2.48. The molecular weight excluding hydrogens is 344 g/mol. The van der Waals surface area contributed by atoms with Gasteiger partial charge in [0.05, 0.1) is 31.0 Å². The smallest absolute Gasteiger partial charge is 0.236 e. The van der Waals surface area contributed by atoms with Crippen LogP contribution in [0.4, 0.5) is 0 Å². The van der Waals surface area contributed by atoms with Crippen LogP contribution < -0.4 is 5.32 Å². The Hall–Kier alpha value is -2.18. The average molecular weight is 361 g/mol. The van der Waals surface area contributed by atoms with Gasteiger partial charge in [0.2, 0.25) is 17.7 Å². The molecule has 2 fully saturated rings. The summed E-state index contributed by atoms with van der Waals surface area (Å²) in [5.41, 5.74) is -0.0918. The number of ether oxygens (including phenoxy) is 1. The summed E-state index contributed by atoms with van der Waals surface area (Å²) in [4.78, 5) is 38.4. The van der Waals surface area contributed by atoms with E-state index < -0.39 is 23.5 Å². The van der Waals surface area contributed by atoms with E-state index in [2.05, 4.69) is 5.32 Å². The van der Waals surface area contributed by atoms with Gasteiger partial charge in [0, 0.05) is 11.9 Å². The third-order valence-corrected chi connectivity index (χ3v) is 5.37. The van der Waals surface area contributed by atoms with Gasteiger partial charge in [-0.15, -0.1) is 0 Å². The first-order valence-electron chi connectivity index (χ1n) is 8.12. The summed E-state index contributed by atoms with van der Waals surface area (Å²) < 4.78 is 5.92. The number of hydrogen-bond acceptors (Lipinski definition) is 4. The summed E-state index contributed by atoms with van der Waals surface area (Å²) in [6.45, 7) is 1.81. The first kappa shape index (κ1) is 16.3. The molecule has 0 aliphatic carbocycles. The Balaban J connectivity index is 1.59. The van der Waals surface area contributed by atoms with Gasteiger partial charge in [-0.3, -0.25) is 19.3 Å². The highest BCUT2D eigenvalue weighted by Crippen LogP contribution is 2.51. The van der Waals surface area contributed by atoms with Gasteiger partial charge in [-0.1, -0.05) is 35.9 Å². The lowest BCUT2D eigenvalue weighted by Gasteiger charge is -2.28. The molecule has 4 rings (SSSR count). The van der Waals surface area contributed by atoms with Crippen LogP contribution in [0.1, 0.15) is 12.5 Å². The molecule has 7 heteroatoms. The van der Waals surface area contributed by atoms with Gasteiger partial charge in [0.25, 0.3) is 0 Å². The molecule has 130 valence electrons. The monoisotopic (exact) mass is 360 g/mol. The maximum Gasteiger partial charge on any atom is 0.236 e. The van der Waals surface area contributed by atoms with E-state index in [-0.39, 0.29) is 30.8 Å². The second-order valence-corrected chi connectivity index (χ2v) is 7.14. The van der Waals surface area contributed by atoms with Gasteiger partial charge in [-0.25, -0.2) is 0 Å². The predicted molar refractivity (Wildman–Crippen MR) is 89.4 cm³/mol. The van der Waals surface area contributed by atoms with Gasteiger partial charge < -0.3 is 10.1 Å². The van der Waals surface area contributed by atoms with Crippen LogP contribution in [0.5, 0.6) is 0 Å². The fourth-order valence-electron chi connectivity index (χ4n) is 3.96. The van der Waals surface area contributed by atoms with Crippen LogP contribution in [0.3, 0.4) is 0 Å². The molecule has 0 spiro atoms. The molecule has 25 heavy (non-hydrogen) atoms. The lowest BCUT2D eigenvalue weighted by atomic mass is 9.77. The number of hydrogen-bond donors (Lipinski definition) is 1. The van der Waals surface area contributed by atoms with E-state index in [9.17, 15) is 14.4 Å². The number of halogens is 1. The molecule has 3 heterocycles. The minimum absolute atomic E-state index is 0.185. The standard InChI is InChI=1S/C18H17ClN2O4/c1-10(22)20-9-18-7-6-13(25-18)14-15(18)17(24)21(16(14)23)8-11-2-4-12(19)5-3-11/h2-7,13-15H,8-9H2,1H3,(H,20,22)/t13-,14-,15+,18-/m1/s1. The first-order chi connectivity index (χ1) is 11.9. The van der Waals surface area contributed by atoms with Crippen molar-refractivity contribution in [1.82, 2.24) is 10.2 Å². The van der Waals surface area contributed by atoms with Crippen LogP contribution in [0.25, 0.3) is 0 Å². The molecule has 2 bridgehead atoms. The average Bonchev–Trinajstić information content (AvgIpc) is 3.21. The largest absolute Gasteiger partial charge is 0.360 e. The zero-order valence-corrected chi connectivity index (χ0v) is 14.3. The van der Waals surface area contributed by atoms with Crippen LogP contribution in [0, 0.1) is 11.8 Å². The Morgan fingerprint density at radius 1 is 1.28 bits per heavy atom. The second-order valence-electron chi connectivity index (χ2n) is 6.70. The van der Waals surface area contributed by atoms with Gasteiger partial charge in [0.1, 0.15) is 5.60 Å². The Kier molecular flexibility index (Phi) is 3.70. The van der Waals surface area contributed by atoms with Crippen LogP contribution >= 0.6 is 11.6 Å². The molecule has 4 atom stereocenters. The zero-order chi connectivity index (χ0) is 17.8. The van der Waals surface area contributed by atoms with Gasteiger partial charge in [-0.05, 0) is 17.7 Å². The fourth-order valence-corrected chi connectivity index (χ4v) is 4.08. The highest BCUT2D eigenvalue weighted by Gasteiger charge is 2.67. The number of carbonyl (C=O) groups is 3. The van der Waals surface area contributed by atoms with Gasteiger partial charge in [0.15, 0.2) is 0 Å². The normalized spacial score (nSPS) is 32.4. The third-order valence-electron chi connectivity index (χ3n) is 5.11. The highest BCUT2D eigenvalue weighted by atomic mass is 35.5. The topological polar surface area (TPSA) is 75.7 Å². The molecule has 1 aromatic rings. The van der Waals surface area contributed by atoms with Crippen LogP contribution in [-0.4, -0.2) is 40.9 Å². The highest BCUT2D eigenvalue weighted by molar-refractivity contribution is 6.30. The van der Waals surface area contributed by atoms with Crippen LogP contribution in [0.15, 0.2) is 36.4 Å². The summed E-state index contributed by atoms with van der Waals surface area (Å²) >= 11 is 5.88. The molecule has 0 saturated carbocycles. The van der Waals surface area contributed by atoms with E-state index >= 15 is 0 Å². The molecule has 0 aromatic heterocycles. The second kappa shape index (κ2) is 5.68. The number of benzene rings is 1. The molecule has 0 unspecified atom stereocenters. The molecule has 0 radical (unpaired) electrons.